The van der Waals surface area contributed by atoms with Crippen LogP contribution in [0, 0.1) is 0 Å². The molecule has 0 spiro atoms. The summed E-state index contributed by atoms with van der Waals surface area (Å²) < 4.78 is 6.20. The summed E-state index contributed by atoms with van der Waals surface area (Å²) in [6.45, 7) is 2.96. The molecule has 0 aliphatic heterocycles. The van der Waals surface area contributed by atoms with Crippen molar-refractivity contribution in [1.82, 2.24) is 5.32 Å². The minimum atomic E-state index is 0. The summed E-state index contributed by atoms with van der Waals surface area (Å²) in [6.07, 6.45) is 3.64. The molecule has 0 fully saturated rings. The molecule has 1 aromatic rings. The fourth-order valence-electron chi connectivity index (χ4n) is 1.34. The molecule has 0 atom stereocenters. The standard InChI is InChI=1S/C11H18BrNOS.ClH/c1-14-6-4-2-3-5-13-8-10-7-11(12)15-9-10;/h7,9,13H,2-6,8H2,1H3;1H. The van der Waals surface area contributed by atoms with Crippen LogP contribution in [0.15, 0.2) is 15.2 Å². The Morgan fingerprint density at radius 2 is 2.19 bits per heavy atom. The largest absolute Gasteiger partial charge is 0.385 e. The van der Waals surface area contributed by atoms with Crippen LogP contribution in [0.2, 0.25) is 0 Å². The average Bonchev–Trinajstić information content (AvgIpc) is 2.63. The first kappa shape index (κ1) is 16.4. The molecule has 0 saturated carbocycles. The van der Waals surface area contributed by atoms with E-state index in [1.807, 2.05) is 0 Å². The second-order valence-corrected chi connectivity index (χ2v) is 5.78. The Morgan fingerprint density at radius 1 is 1.38 bits per heavy atom. The summed E-state index contributed by atoms with van der Waals surface area (Å²) in [5.41, 5.74) is 1.36. The van der Waals surface area contributed by atoms with Gasteiger partial charge in [-0.15, -0.1) is 23.7 Å². The SMILES string of the molecule is COCCCCCNCc1csc(Br)c1.Cl. The number of halogens is 2. The number of ether oxygens (including phenoxy) is 1. The normalized spacial score (nSPS) is 10.1. The number of unbranched alkanes of at least 4 members (excludes halogenated alkanes) is 2. The first-order valence-corrected chi connectivity index (χ1v) is 6.93. The molecular weight excluding hydrogens is 310 g/mol. The van der Waals surface area contributed by atoms with Gasteiger partial charge in [0, 0.05) is 20.3 Å². The lowest BCUT2D eigenvalue weighted by Crippen LogP contribution is -2.14. The van der Waals surface area contributed by atoms with Gasteiger partial charge in [-0.3, -0.25) is 0 Å². The van der Waals surface area contributed by atoms with E-state index in [0.29, 0.717) is 0 Å². The van der Waals surface area contributed by atoms with E-state index in [1.165, 1.54) is 28.6 Å². The van der Waals surface area contributed by atoms with Gasteiger partial charge in [0.15, 0.2) is 0 Å². The van der Waals surface area contributed by atoms with E-state index in [1.54, 1.807) is 18.4 Å². The highest BCUT2D eigenvalue weighted by atomic mass is 79.9. The van der Waals surface area contributed by atoms with Crippen LogP contribution in [-0.4, -0.2) is 20.3 Å². The smallest absolute Gasteiger partial charge is 0.0701 e. The molecule has 0 radical (unpaired) electrons. The molecule has 0 saturated heterocycles. The van der Waals surface area contributed by atoms with Gasteiger partial charge in [0.2, 0.25) is 0 Å². The van der Waals surface area contributed by atoms with E-state index in [2.05, 4.69) is 32.7 Å². The van der Waals surface area contributed by atoms with Crippen molar-refractivity contribution in [3.63, 3.8) is 0 Å². The van der Waals surface area contributed by atoms with Crippen LogP contribution < -0.4 is 5.32 Å². The van der Waals surface area contributed by atoms with Crippen LogP contribution in [-0.2, 0) is 11.3 Å². The molecule has 0 aliphatic carbocycles. The van der Waals surface area contributed by atoms with Crippen molar-refractivity contribution < 1.29 is 4.74 Å². The van der Waals surface area contributed by atoms with Crippen molar-refractivity contribution in [2.24, 2.45) is 0 Å². The molecule has 1 N–H and O–H groups in total. The first-order valence-electron chi connectivity index (χ1n) is 5.25. The molecule has 0 unspecified atom stereocenters. The number of rotatable bonds is 8. The summed E-state index contributed by atoms with van der Waals surface area (Å²) in [5, 5.41) is 5.62. The summed E-state index contributed by atoms with van der Waals surface area (Å²) in [5.74, 6) is 0. The molecule has 0 aliphatic rings. The van der Waals surface area contributed by atoms with Gasteiger partial charge in [-0.2, -0.15) is 0 Å². The molecule has 2 nitrogen and oxygen atoms in total. The maximum Gasteiger partial charge on any atom is 0.0701 e. The van der Waals surface area contributed by atoms with E-state index in [-0.39, 0.29) is 12.4 Å². The minimum Gasteiger partial charge on any atom is -0.385 e. The number of thiophene rings is 1. The third kappa shape index (κ3) is 7.63. The second kappa shape index (κ2) is 10.5. The highest BCUT2D eigenvalue weighted by molar-refractivity contribution is 9.11. The van der Waals surface area contributed by atoms with Crippen molar-refractivity contribution >= 4 is 39.7 Å². The van der Waals surface area contributed by atoms with Crippen LogP contribution in [0.3, 0.4) is 0 Å². The predicted octanol–water partition coefficient (Wildman–Crippen LogP) is 3.84. The zero-order valence-electron chi connectivity index (χ0n) is 9.50. The molecule has 1 aromatic heterocycles. The Morgan fingerprint density at radius 3 is 2.81 bits per heavy atom. The van der Waals surface area contributed by atoms with Gasteiger partial charge in [0.1, 0.15) is 0 Å². The van der Waals surface area contributed by atoms with Crippen molar-refractivity contribution in [2.75, 3.05) is 20.3 Å². The Hall–Kier alpha value is 0.390. The summed E-state index contributed by atoms with van der Waals surface area (Å²) >= 11 is 5.20. The van der Waals surface area contributed by atoms with Crippen LogP contribution >= 0.6 is 39.7 Å². The Bertz CT molecular complexity index is 270. The van der Waals surface area contributed by atoms with Gasteiger partial charge in [-0.25, -0.2) is 0 Å². The molecule has 1 rings (SSSR count). The maximum atomic E-state index is 5.00. The second-order valence-electron chi connectivity index (χ2n) is 3.49. The topological polar surface area (TPSA) is 21.3 Å². The van der Waals surface area contributed by atoms with Gasteiger partial charge in [0.05, 0.1) is 3.79 Å². The Kier molecular flexibility index (Phi) is 10.8. The quantitative estimate of drug-likeness (QED) is 0.732. The first-order chi connectivity index (χ1) is 7.33. The fraction of sp³-hybridized carbons (Fsp3) is 0.636. The predicted molar refractivity (Wildman–Crippen MR) is 76.7 cm³/mol. The van der Waals surface area contributed by atoms with E-state index in [0.717, 1.165) is 19.7 Å². The van der Waals surface area contributed by atoms with Crippen LogP contribution in [0.1, 0.15) is 24.8 Å². The number of methoxy groups -OCH3 is 1. The van der Waals surface area contributed by atoms with Crippen molar-refractivity contribution in [1.29, 1.82) is 0 Å². The van der Waals surface area contributed by atoms with Gasteiger partial charge in [-0.1, -0.05) is 0 Å². The van der Waals surface area contributed by atoms with Crippen molar-refractivity contribution in [2.45, 2.75) is 25.8 Å². The Labute approximate surface area is 116 Å². The van der Waals surface area contributed by atoms with Gasteiger partial charge < -0.3 is 10.1 Å². The fourth-order valence-corrected chi connectivity index (χ4v) is 2.55. The molecular formula is C11H19BrClNOS. The third-order valence-electron chi connectivity index (χ3n) is 2.15. The number of nitrogens with one attached hydrogen (secondary N) is 1. The molecule has 16 heavy (non-hydrogen) atoms. The van der Waals surface area contributed by atoms with Crippen LogP contribution in [0.4, 0.5) is 0 Å². The summed E-state index contributed by atoms with van der Waals surface area (Å²) in [6, 6.07) is 2.17. The lowest BCUT2D eigenvalue weighted by Gasteiger charge is -2.02. The molecule has 5 heteroatoms. The zero-order chi connectivity index (χ0) is 10.9. The molecule has 0 amide bonds. The highest BCUT2D eigenvalue weighted by Crippen LogP contribution is 2.20. The number of hydrogen-bond acceptors (Lipinski definition) is 3. The lowest BCUT2D eigenvalue weighted by atomic mass is 10.2. The summed E-state index contributed by atoms with van der Waals surface area (Å²) in [7, 11) is 1.76. The molecule has 94 valence electrons. The lowest BCUT2D eigenvalue weighted by molar-refractivity contribution is 0.192. The highest BCUT2D eigenvalue weighted by Gasteiger charge is 1.96. The van der Waals surface area contributed by atoms with Gasteiger partial charge >= 0.3 is 0 Å². The van der Waals surface area contributed by atoms with E-state index in [4.69, 9.17) is 4.74 Å². The van der Waals surface area contributed by atoms with Crippen molar-refractivity contribution in [3.05, 3.63) is 20.8 Å². The van der Waals surface area contributed by atoms with E-state index >= 15 is 0 Å². The van der Waals surface area contributed by atoms with Gasteiger partial charge in [0.25, 0.3) is 0 Å². The van der Waals surface area contributed by atoms with Gasteiger partial charge in [-0.05, 0) is 58.7 Å². The van der Waals surface area contributed by atoms with E-state index in [9.17, 15) is 0 Å². The molecule has 1 heterocycles. The summed E-state index contributed by atoms with van der Waals surface area (Å²) in [4.78, 5) is 0. The monoisotopic (exact) mass is 327 g/mol. The molecule has 0 bridgehead atoms. The molecule has 0 aromatic carbocycles. The third-order valence-corrected chi connectivity index (χ3v) is 3.71. The zero-order valence-corrected chi connectivity index (χ0v) is 12.7. The average molecular weight is 329 g/mol. The Balaban J connectivity index is 0.00000225. The van der Waals surface area contributed by atoms with Crippen LogP contribution in [0.5, 0.6) is 0 Å². The van der Waals surface area contributed by atoms with E-state index < -0.39 is 0 Å². The maximum absolute atomic E-state index is 5.00. The number of hydrogen-bond donors (Lipinski definition) is 1. The minimum absolute atomic E-state index is 0. The van der Waals surface area contributed by atoms with Crippen LogP contribution in [0.25, 0.3) is 0 Å². The van der Waals surface area contributed by atoms with Crippen molar-refractivity contribution in [3.8, 4) is 0 Å².